The number of aromatic amines is 1. The van der Waals surface area contributed by atoms with Gasteiger partial charge < -0.3 is 39.7 Å². The monoisotopic (exact) mass is 642 g/mol. The number of H-pyrrole nitrogens is 1. The van der Waals surface area contributed by atoms with Crippen molar-refractivity contribution in [3.05, 3.63) is 41.6 Å². The van der Waals surface area contributed by atoms with Gasteiger partial charge in [-0.15, -0.1) is 0 Å². The number of phosphoric ester groups is 2. The summed E-state index contributed by atoms with van der Waals surface area (Å²) in [4.78, 5) is 51.9. The number of nitrogens with two attached hydrogens (primary N) is 1. The van der Waals surface area contributed by atoms with E-state index in [-0.39, 0.29) is 29.0 Å². The van der Waals surface area contributed by atoms with Crippen molar-refractivity contribution in [1.82, 2.24) is 34.1 Å². The Bertz CT molecular complexity index is 1850. The van der Waals surface area contributed by atoms with Crippen LogP contribution in [0, 0.1) is 0 Å². The van der Waals surface area contributed by atoms with Crippen LogP contribution >= 0.6 is 15.6 Å². The van der Waals surface area contributed by atoms with Crippen molar-refractivity contribution >= 4 is 43.7 Å². The maximum Gasteiger partial charge on any atom is 0.472 e. The highest BCUT2D eigenvalue weighted by Gasteiger charge is 2.51. The van der Waals surface area contributed by atoms with Gasteiger partial charge in [0.25, 0.3) is 5.56 Å². The minimum Gasteiger partial charge on any atom is -0.386 e. The van der Waals surface area contributed by atoms with Gasteiger partial charge in [0, 0.05) is 12.6 Å². The van der Waals surface area contributed by atoms with Crippen LogP contribution in [0.15, 0.2) is 36.0 Å². The van der Waals surface area contributed by atoms with E-state index in [4.69, 9.17) is 33.3 Å². The zero-order valence-electron chi connectivity index (χ0n) is 21.7. The fourth-order valence-corrected chi connectivity index (χ4v) is 7.26. The number of nitrogen functional groups attached to an aromatic ring is 1. The smallest absolute Gasteiger partial charge is 0.386 e. The largest absolute Gasteiger partial charge is 0.472 e. The molecule has 7 heterocycles. The van der Waals surface area contributed by atoms with Crippen molar-refractivity contribution in [3.8, 4) is 0 Å². The van der Waals surface area contributed by atoms with Crippen molar-refractivity contribution in [3.63, 3.8) is 0 Å². The molecule has 6 N–H and O–H groups in total. The molecule has 0 radical (unpaired) electrons. The SMILES string of the molecule is Nc1ncnc2c1ccn2[C@@H]1O[C@@H]2COP(=O)(O)O[C@@H]3C[C@@H](COP(=O)(O)O[C@H]2[C@H]1O)O[C@H]3n1cnc2c(=O)[nH]cnc21. The van der Waals surface area contributed by atoms with E-state index >= 15 is 0 Å². The van der Waals surface area contributed by atoms with Gasteiger partial charge in [-0.25, -0.2) is 29.1 Å². The molecular formula is C21H24N8O12P2. The number of aliphatic hydroxyl groups excluding tert-OH is 1. The molecule has 3 saturated heterocycles. The molecule has 0 aliphatic carbocycles. The lowest BCUT2D eigenvalue weighted by atomic mass is 10.1. The fraction of sp³-hybridized carbons (Fsp3) is 0.476. The number of phosphoric acid groups is 2. The fourth-order valence-electron chi connectivity index (χ4n) is 5.35. The Morgan fingerprint density at radius 1 is 0.953 bits per heavy atom. The molecule has 7 rings (SSSR count). The molecule has 0 spiro atoms. The van der Waals surface area contributed by atoms with Crippen molar-refractivity contribution in [1.29, 1.82) is 0 Å². The van der Waals surface area contributed by atoms with E-state index in [1.54, 1.807) is 6.07 Å². The van der Waals surface area contributed by atoms with Crippen LogP contribution in [-0.4, -0.2) is 92.7 Å². The third-order valence-electron chi connectivity index (χ3n) is 7.26. The van der Waals surface area contributed by atoms with Crippen molar-refractivity contribution < 1.29 is 51.6 Å². The molecule has 4 aromatic rings. The molecular weight excluding hydrogens is 618 g/mol. The number of hydrogen-bond acceptors (Lipinski definition) is 15. The van der Waals surface area contributed by atoms with Crippen LogP contribution in [0.25, 0.3) is 22.2 Å². The third kappa shape index (κ3) is 5.19. The highest BCUT2D eigenvalue weighted by Crippen LogP contribution is 2.53. The van der Waals surface area contributed by atoms with Crippen molar-refractivity contribution in [2.75, 3.05) is 18.9 Å². The molecule has 230 valence electrons. The van der Waals surface area contributed by atoms with Crippen LogP contribution in [0.5, 0.6) is 0 Å². The maximum absolute atomic E-state index is 13.1. The highest BCUT2D eigenvalue weighted by molar-refractivity contribution is 7.47. The van der Waals surface area contributed by atoms with E-state index in [9.17, 15) is 28.8 Å². The molecule has 9 atom stereocenters. The lowest BCUT2D eigenvalue weighted by Crippen LogP contribution is -2.36. The quantitative estimate of drug-likeness (QED) is 0.176. The van der Waals surface area contributed by atoms with Gasteiger partial charge in [0.15, 0.2) is 23.6 Å². The first kappa shape index (κ1) is 28.6. The average molecular weight is 642 g/mol. The summed E-state index contributed by atoms with van der Waals surface area (Å²) in [5.74, 6) is 0.173. The van der Waals surface area contributed by atoms with Gasteiger partial charge in [-0.05, 0) is 6.07 Å². The van der Waals surface area contributed by atoms with Gasteiger partial charge >= 0.3 is 15.6 Å². The Labute approximate surface area is 239 Å². The number of rotatable bonds is 2. The minimum atomic E-state index is -4.89. The molecule has 3 aliphatic rings. The normalized spacial score (nSPS) is 37.1. The highest BCUT2D eigenvalue weighted by atomic mass is 31.2. The van der Waals surface area contributed by atoms with E-state index in [0.29, 0.717) is 5.39 Å². The summed E-state index contributed by atoms with van der Waals surface area (Å²) in [6, 6.07) is 1.59. The first-order valence-corrected chi connectivity index (χ1v) is 15.8. The van der Waals surface area contributed by atoms with Crippen LogP contribution in [0.2, 0.25) is 0 Å². The van der Waals surface area contributed by atoms with Crippen molar-refractivity contribution in [2.24, 2.45) is 0 Å². The first-order valence-electron chi connectivity index (χ1n) is 12.8. The Balaban J connectivity index is 1.18. The maximum atomic E-state index is 13.1. The number of aliphatic hydroxyl groups is 1. The number of imidazole rings is 1. The summed E-state index contributed by atoms with van der Waals surface area (Å²) < 4.78 is 61.9. The lowest BCUT2D eigenvalue weighted by molar-refractivity contribution is -0.0670. The number of ether oxygens (including phenoxy) is 2. The molecule has 3 aliphatic heterocycles. The summed E-state index contributed by atoms with van der Waals surface area (Å²) in [5, 5.41) is 11.6. The van der Waals surface area contributed by atoms with E-state index in [2.05, 4.69) is 24.9 Å². The predicted molar refractivity (Wildman–Crippen MR) is 140 cm³/mol. The van der Waals surface area contributed by atoms with Gasteiger partial charge in [0.1, 0.15) is 42.2 Å². The number of anilines is 1. The summed E-state index contributed by atoms with van der Waals surface area (Å²) in [6.45, 7) is -1.23. The minimum absolute atomic E-state index is 0.0159. The second-order valence-corrected chi connectivity index (χ2v) is 12.8. The third-order valence-corrected chi connectivity index (χ3v) is 9.25. The molecule has 43 heavy (non-hydrogen) atoms. The van der Waals surface area contributed by atoms with Gasteiger partial charge in [-0.2, -0.15) is 0 Å². The first-order chi connectivity index (χ1) is 20.5. The zero-order chi connectivity index (χ0) is 30.1. The molecule has 20 nitrogen and oxygen atoms in total. The van der Waals surface area contributed by atoms with Crippen LogP contribution in [0.1, 0.15) is 18.9 Å². The zero-order valence-corrected chi connectivity index (χ0v) is 23.5. The number of aromatic nitrogens is 7. The second kappa shape index (κ2) is 10.5. The Hall–Kier alpha value is -3.13. The number of fused-ring (bicyclic) bond motifs is 5. The van der Waals surface area contributed by atoms with E-state index in [1.807, 2.05) is 0 Å². The summed E-state index contributed by atoms with van der Waals surface area (Å²) in [5.41, 5.74) is 5.75. The van der Waals surface area contributed by atoms with Crippen LogP contribution in [0.3, 0.4) is 0 Å². The molecule has 0 aromatic carbocycles. The van der Waals surface area contributed by atoms with Gasteiger partial charge in [-0.1, -0.05) is 0 Å². The van der Waals surface area contributed by atoms with E-state index in [0.717, 1.165) is 6.33 Å². The van der Waals surface area contributed by atoms with E-state index in [1.165, 1.54) is 28.0 Å². The summed E-state index contributed by atoms with van der Waals surface area (Å²) in [7, 11) is -9.76. The Kier molecular flexibility index (Phi) is 6.99. The van der Waals surface area contributed by atoms with Gasteiger partial charge in [0.05, 0.1) is 37.4 Å². The van der Waals surface area contributed by atoms with Gasteiger partial charge in [-0.3, -0.25) is 27.5 Å². The van der Waals surface area contributed by atoms with Crippen LogP contribution < -0.4 is 11.3 Å². The number of nitrogens with zero attached hydrogens (tertiary/aromatic N) is 6. The van der Waals surface area contributed by atoms with E-state index < -0.39 is 77.4 Å². The number of hydrogen-bond donors (Lipinski definition) is 5. The summed E-state index contributed by atoms with van der Waals surface area (Å²) in [6.07, 6.45) is -4.05. The lowest BCUT2D eigenvalue weighted by Gasteiger charge is -2.25. The Morgan fingerprint density at radius 2 is 1.74 bits per heavy atom. The molecule has 2 bridgehead atoms. The van der Waals surface area contributed by atoms with Crippen LogP contribution in [0.4, 0.5) is 5.82 Å². The molecule has 2 unspecified atom stereocenters. The molecule has 0 amide bonds. The summed E-state index contributed by atoms with van der Waals surface area (Å²) >= 11 is 0. The topological polar surface area (TPSA) is 271 Å². The van der Waals surface area contributed by atoms with Crippen molar-refractivity contribution in [2.45, 2.75) is 49.4 Å². The molecule has 22 heteroatoms. The molecule has 0 saturated carbocycles. The molecule has 3 fully saturated rings. The Morgan fingerprint density at radius 3 is 2.58 bits per heavy atom. The standard InChI is InChI=1S/C21H24N8O12P2/c22-16-10-1-2-28(17(10)24-6-23-16)21-14(30)15-12(39-21)5-37-42(32,33)40-11-3-9(4-36-43(34,35)41-15)38-20(11)29-8-27-13-18(29)25-7-26-19(13)31/h1-2,6-9,11-12,14-15,20-21,30H,3-5H2,(H,32,33)(H,34,35)(H2,22,23,24)(H,25,26,31)/t9-,11+,12+,14+,15+,20+,21+/m0/s1. The second-order valence-electron chi connectivity index (χ2n) is 9.96. The average Bonchev–Trinajstić information content (AvgIpc) is 3.72. The predicted octanol–water partition coefficient (Wildman–Crippen LogP) is -0.290. The molecule has 4 aromatic heterocycles. The van der Waals surface area contributed by atoms with Gasteiger partial charge in [0.2, 0.25) is 0 Å². The van der Waals surface area contributed by atoms with Crippen LogP contribution in [-0.2, 0) is 36.7 Å². The number of nitrogens with one attached hydrogen (secondary N) is 1.